The Kier molecular flexibility index (Phi) is 14.8. The van der Waals surface area contributed by atoms with Crippen molar-refractivity contribution in [2.45, 2.75) is 137 Å². The minimum Gasteiger partial charge on any atom is -0.456 e. The number of Topliss-reactive ketones (excluding diaryl/α,β-unsaturated/α-hetero) is 1. The van der Waals surface area contributed by atoms with Crippen LogP contribution in [0.5, 0.6) is 0 Å². The van der Waals surface area contributed by atoms with Crippen LogP contribution in [0.3, 0.4) is 0 Å². The first-order chi connectivity index (χ1) is 21.4. The van der Waals surface area contributed by atoms with Crippen LogP contribution in [0.15, 0.2) is 58.7 Å². The molecule has 0 bridgehead atoms. The average Bonchev–Trinajstić information content (AvgIpc) is 2.98. The van der Waals surface area contributed by atoms with Gasteiger partial charge in [-0.1, -0.05) is 62.8 Å². The summed E-state index contributed by atoms with van der Waals surface area (Å²) in [5, 5.41) is 33.2. The van der Waals surface area contributed by atoms with Crippen molar-refractivity contribution in [3.63, 3.8) is 0 Å². The molecule has 10 nitrogen and oxygen atoms in total. The maximum atomic E-state index is 12.6. The van der Waals surface area contributed by atoms with Gasteiger partial charge in [-0.25, -0.2) is 4.79 Å². The predicted octanol–water partition coefficient (Wildman–Crippen LogP) is 4.82. The van der Waals surface area contributed by atoms with Gasteiger partial charge < -0.3 is 34.3 Å². The quantitative estimate of drug-likeness (QED) is 0.271. The summed E-state index contributed by atoms with van der Waals surface area (Å²) in [4.78, 5) is 37.3. The lowest BCUT2D eigenvalue weighted by atomic mass is 9.88. The van der Waals surface area contributed by atoms with Crippen molar-refractivity contribution in [3.05, 3.63) is 58.7 Å². The van der Waals surface area contributed by atoms with Gasteiger partial charge in [0.2, 0.25) is 0 Å². The lowest BCUT2D eigenvalue weighted by Crippen LogP contribution is -2.64. The molecule has 2 aliphatic heterocycles. The third-order valence-electron chi connectivity index (χ3n) is 8.33. The van der Waals surface area contributed by atoms with E-state index in [2.05, 4.69) is 0 Å². The zero-order chi connectivity index (χ0) is 34.9. The van der Waals surface area contributed by atoms with Gasteiger partial charge in [-0.05, 0) is 72.5 Å². The number of ketones is 1. The number of hydrogen-bond acceptors (Lipinski definition) is 10. The summed E-state index contributed by atoms with van der Waals surface area (Å²) in [7, 11) is 0. The Labute approximate surface area is 273 Å². The minimum atomic E-state index is -1.53. The van der Waals surface area contributed by atoms with Crippen molar-refractivity contribution >= 4 is 17.7 Å². The second kappa shape index (κ2) is 17.3. The van der Waals surface area contributed by atoms with E-state index in [0.29, 0.717) is 17.6 Å². The van der Waals surface area contributed by atoms with Crippen LogP contribution in [-0.4, -0.2) is 81.6 Å². The van der Waals surface area contributed by atoms with E-state index in [1.807, 2.05) is 39.8 Å². The van der Waals surface area contributed by atoms with Crippen molar-refractivity contribution in [2.75, 3.05) is 0 Å². The second-order valence-electron chi connectivity index (χ2n) is 13.2. The number of cyclic esters (lactones) is 1. The van der Waals surface area contributed by atoms with E-state index < -0.39 is 66.4 Å². The topological polar surface area (TPSA) is 149 Å². The summed E-state index contributed by atoms with van der Waals surface area (Å²) in [5.41, 5.74) is 1.39. The number of esters is 2. The fourth-order valence-corrected chi connectivity index (χ4v) is 5.31. The van der Waals surface area contributed by atoms with Gasteiger partial charge in [0, 0.05) is 17.9 Å². The highest BCUT2D eigenvalue weighted by Gasteiger charge is 2.52. The zero-order valence-electron chi connectivity index (χ0n) is 29.0. The van der Waals surface area contributed by atoms with E-state index in [1.165, 1.54) is 6.92 Å². The summed E-state index contributed by atoms with van der Waals surface area (Å²) < 4.78 is 23.7. The maximum Gasteiger partial charge on any atom is 0.334 e. The molecule has 1 saturated heterocycles. The molecule has 0 aromatic rings. The second-order valence-corrected chi connectivity index (χ2v) is 13.2. The molecule has 2 rings (SSSR count). The molecule has 1 fully saturated rings. The van der Waals surface area contributed by atoms with Gasteiger partial charge in [0.05, 0.1) is 18.1 Å². The molecule has 0 radical (unpaired) electrons. The summed E-state index contributed by atoms with van der Waals surface area (Å²) >= 11 is 0. The molecule has 0 unspecified atom stereocenters. The predicted molar refractivity (Wildman–Crippen MR) is 174 cm³/mol. The number of allylic oxidation sites excluding steroid dienone is 4. The maximum absolute atomic E-state index is 12.6. The third-order valence-corrected chi connectivity index (χ3v) is 8.33. The van der Waals surface area contributed by atoms with E-state index >= 15 is 0 Å². The highest BCUT2D eigenvalue weighted by molar-refractivity contribution is 5.91. The number of carbonyl (C=O) groups excluding carboxylic acids is 3. The summed E-state index contributed by atoms with van der Waals surface area (Å²) in [6.07, 6.45) is 3.84. The van der Waals surface area contributed by atoms with Gasteiger partial charge >= 0.3 is 11.9 Å². The SMILES string of the molecule is CC[C@H]1C=C(C)[C@@H](O)CC=CC=C(C)C(=O)O[C@H](C(C)=O)CC=C(C)C=C(C)[C@@H]1O[C@@H]1OC(C)(C)[C@@H](OC(=O)C(C)C)[C@H](O)[C@@H]1O. The Balaban J connectivity index is 2.55. The van der Waals surface area contributed by atoms with Crippen molar-refractivity contribution in [1.82, 2.24) is 0 Å². The monoisotopic (exact) mass is 646 g/mol. The molecule has 46 heavy (non-hydrogen) atoms. The van der Waals surface area contributed by atoms with Crippen LogP contribution in [0.1, 0.15) is 88.5 Å². The molecule has 2 heterocycles. The number of hydrogen-bond donors (Lipinski definition) is 3. The third kappa shape index (κ3) is 10.8. The minimum absolute atomic E-state index is 0.176. The Bertz CT molecular complexity index is 1240. The molecule has 0 aromatic carbocycles. The molecular weight excluding hydrogens is 592 g/mol. The van der Waals surface area contributed by atoms with Crippen molar-refractivity contribution < 1.29 is 48.7 Å². The molecule has 0 spiro atoms. The first-order valence-electron chi connectivity index (χ1n) is 16.1. The van der Waals surface area contributed by atoms with Gasteiger partial charge in [-0.15, -0.1) is 0 Å². The summed E-state index contributed by atoms with van der Waals surface area (Å²) in [5.74, 6) is -2.12. The van der Waals surface area contributed by atoms with Crippen LogP contribution in [0.2, 0.25) is 0 Å². The highest BCUT2D eigenvalue weighted by Crippen LogP contribution is 2.36. The summed E-state index contributed by atoms with van der Waals surface area (Å²) in [6, 6.07) is 0. The van der Waals surface area contributed by atoms with E-state index in [1.54, 1.807) is 58.9 Å². The molecule has 10 heteroatoms. The van der Waals surface area contributed by atoms with E-state index in [9.17, 15) is 29.7 Å². The standard InChI is InChI=1S/C36H54O10/c1-11-26-19-23(6)27(38)15-13-12-14-22(5)34(42)43-28(25(8)37)17-16-21(4)18-24(7)31(26)44-35-30(40)29(39)32(36(9,10)46-35)45-33(41)20(2)3/h12-14,16,18-20,26-32,35,38-40H,11,15,17H2,1-10H3/t26-,27-,28-,29+,30-,31-,32-,35+/m0/s1. The van der Waals surface area contributed by atoms with Crippen LogP contribution in [-0.2, 0) is 33.3 Å². The normalized spacial score (nSPS) is 31.8. The fourth-order valence-electron chi connectivity index (χ4n) is 5.31. The van der Waals surface area contributed by atoms with Gasteiger partial charge in [0.1, 0.15) is 17.8 Å². The smallest absolute Gasteiger partial charge is 0.334 e. The Morgan fingerprint density at radius 1 is 1.04 bits per heavy atom. The molecule has 0 saturated carbocycles. The van der Waals surface area contributed by atoms with Gasteiger partial charge in [0.25, 0.3) is 0 Å². The van der Waals surface area contributed by atoms with E-state index in [4.69, 9.17) is 18.9 Å². The number of carbonyl (C=O) groups is 3. The van der Waals surface area contributed by atoms with E-state index in [0.717, 1.165) is 11.1 Å². The average molecular weight is 647 g/mol. The Hall–Kier alpha value is -2.89. The van der Waals surface area contributed by atoms with Crippen LogP contribution < -0.4 is 0 Å². The van der Waals surface area contributed by atoms with Gasteiger partial charge in [-0.2, -0.15) is 0 Å². The first-order valence-corrected chi connectivity index (χ1v) is 16.1. The van der Waals surface area contributed by atoms with Crippen LogP contribution >= 0.6 is 0 Å². The van der Waals surface area contributed by atoms with Crippen molar-refractivity contribution in [3.8, 4) is 0 Å². The lowest BCUT2D eigenvalue weighted by Gasteiger charge is -2.47. The molecule has 0 aromatic heterocycles. The van der Waals surface area contributed by atoms with Crippen LogP contribution in [0.4, 0.5) is 0 Å². The van der Waals surface area contributed by atoms with E-state index in [-0.39, 0.29) is 24.5 Å². The number of aliphatic hydroxyl groups is 3. The largest absolute Gasteiger partial charge is 0.456 e. The van der Waals surface area contributed by atoms with Crippen LogP contribution in [0, 0.1) is 11.8 Å². The molecule has 258 valence electrons. The first kappa shape index (κ1) is 39.3. The summed E-state index contributed by atoms with van der Waals surface area (Å²) in [6.45, 7) is 17.2. The number of rotatable bonds is 6. The number of aliphatic hydroxyl groups excluding tert-OH is 3. The molecule has 3 N–H and O–H groups in total. The number of ether oxygens (including phenoxy) is 4. The molecule has 8 atom stereocenters. The highest BCUT2D eigenvalue weighted by atomic mass is 16.7. The Morgan fingerprint density at radius 3 is 2.28 bits per heavy atom. The molecular formula is C36H54O10. The van der Waals surface area contributed by atoms with Crippen molar-refractivity contribution in [2.24, 2.45) is 11.8 Å². The van der Waals surface area contributed by atoms with Crippen molar-refractivity contribution in [1.29, 1.82) is 0 Å². The Morgan fingerprint density at radius 2 is 1.70 bits per heavy atom. The zero-order valence-corrected chi connectivity index (χ0v) is 29.0. The fraction of sp³-hybridized carbons (Fsp3) is 0.639. The molecule has 2 aliphatic rings. The van der Waals surface area contributed by atoms with Gasteiger partial charge in [-0.3, -0.25) is 9.59 Å². The molecule has 0 aliphatic carbocycles. The van der Waals surface area contributed by atoms with Gasteiger partial charge in [0.15, 0.2) is 24.3 Å². The molecule has 0 amide bonds. The lowest BCUT2D eigenvalue weighted by molar-refractivity contribution is -0.333. The van der Waals surface area contributed by atoms with Crippen LogP contribution in [0.25, 0.3) is 0 Å².